The number of hydrogen-bond acceptors (Lipinski definition) is 2. The molecule has 1 aromatic heterocycles. The van der Waals surface area contributed by atoms with Crippen LogP contribution < -0.4 is 0 Å². The molecule has 2 aliphatic rings. The van der Waals surface area contributed by atoms with E-state index in [-0.39, 0.29) is 17.5 Å². The van der Waals surface area contributed by atoms with Gasteiger partial charge in [0.15, 0.2) is 5.78 Å². The zero-order valence-corrected chi connectivity index (χ0v) is 14.9. The predicted octanol–water partition coefficient (Wildman–Crippen LogP) is 3.61. The van der Waals surface area contributed by atoms with Gasteiger partial charge in [-0.1, -0.05) is 18.2 Å². The fourth-order valence-corrected chi connectivity index (χ4v) is 4.51. The molecule has 0 aliphatic carbocycles. The van der Waals surface area contributed by atoms with Crippen molar-refractivity contribution in [2.75, 3.05) is 13.1 Å². The van der Waals surface area contributed by atoms with E-state index in [1.165, 1.54) is 6.07 Å². The highest BCUT2D eigenvalue weighted by atomic mass is 19.1. The monoisotopic (exact) mass is 362 g/mol. The highest BCUT2D eigenvalue weighted by molar-refractivity contribution is 6.09. The maximum atomic E-state index is 14.2. The van der Waals surface area contributed by atoms with Crippen molar-refractivity contribution in [1.29, 1.82) is 0 Å². The van der Waals surface area contributed by atoms with Crippen LogP contribution >= 0.6 is 0 Å². The first-order valence-electron chi connectivity index (χ1n) is 9.34. The molecule has 0 bridgehead atoms. The van der Waals surface area contributed by atoms with Gasteiger partial charge in [-0.15, -0.1) is 0 Å². The van der Waals surface area contributed by atoms with Crippen LogP contribution in [0.4, 0.5) is 4.39 Å². The molecule has 5 heteroatoms. The molecule has 0 fully saturated rings. The highest BCUT2D eigenvalue weighted by Crippen LogP contribution is 2.35. The van der Waals surface area contributed by atoms with Gasteiger partial charge in [-0.2, -0.15) is 0 Å². The average molecular weight is 362 g/mol. The Balaban J connectivity index is 1.55. The van der Waals surface area contributed by atoms with Crippen LogP contribution in [0.5, 0.6) is 0 Å². The lowest BCUT2D eigenvalue weighted by atomic mass is 10.00. The maximum Gasteiger partial charge on any atom is 0.253 e. The zero-order chi connectivity index (χ0) is 18.5. The van der Waals surface area contributed by atoms with Crippen molar-refractivity contribution in [1.82, 2.24) is 9.47 Å². The SMILES string of the molecule is O=C1CCn2c3c(c4cc(F)cc1c42)CCN(C(=O)c1ccccc1)CC3. The van der Waals surface area contributed by atoms with E-state index in [9.17, 15) is 14.0 Å². The summed E-state index contributed by atoms with van der Waals surface area (Å²) in [6.45, 7) is 1.86. The quantitative estimate of drug-likeness (QED) is 0.664. The van der Waals surface area contributed by atoms with Crippen LogP contribution in [-0.4, -0.2) is 34.2 Å². The normalized spacial score (nSPS) is 16.3. The van der Waals surface area contributed by atoms with E-state index in [1.807, 2.05) is 35.2 Å². The smallest absolute Gasteiger partial charge is 0.253 e. The number of halogens is 1. The van der Waals surface area contributed by atoms with Crippen LogP contribution in [-0.2, 0) is 19.4 Å². The first-order chi connectivity index (χ1) is 13.1. The molecule has 2 aromatic carbocycles. The number of carbonyl (C=O) groups is 2. The molecule has 0 N–H and O–H groups in total. The van der Waals surface area contributed by atoms with Gasteiger partial charge in [0.05, 0.1) is 5.52 Å². The third-order valence-corrected chi connectivity index (χ3v) is 5.76. The van der Waals surface area contributed by atoms with E-state index >= 15 is 0 Å². The third kappa shape index (κ3) is 2.49. The number of rotatable bonds is 1. The number of aryl methyl sites for hydroxylation is 1. The lowest BCUT2D eigenvalue weighted by Gasteiger charge is -2.21. The number of fused-ring (bicyclic) bond motifs is 3. The fraction of sp³-hybridized carbons (Fsp3) is 0.273. The van der Waals surface area contributed by atoms with Crippen LogP contribution in [0.2, 0.25) is 0 Å². The molecule has 2 aliphatic heterocycles. The van der Waals surface area contributed by atoms with E-state index in [0.29, 0.717) is 43.6 Å². The van der Waals surface area contributed by atoms with Gasteiger partial charge in [0, 0.05) is 54.7 Å². The third-order valence-electron chi connectivity index (χ3n) is 5.76. The van der Waals surface area contributed by atoms with Crippen molar-refractivity contribution >= 4 is 22.6 Å². The Hall–Kier alpha value is -2.95. The lowest BCUT2D eigenvalue weighted by Crippen LogP contribution is -2.33. The Morgan fingerprint density at radius 2 is 1.74 bits per heavy atom. The first-order valence-corrected chi connectivity index (χ1v) is 9.34. The Kier molecular flexibility index (Phi) is 3.64. The molecule has 3 heterocycles. The number of ketones is 1. The van der Waals surface area contributed by atoms with Gasteiger partial charge in [-0.3, -0.25) is 9.59 Å². The molecule has 1 amide bonds. The highest BCUT2D eigenvalue weighted by Gasteiger charge is 2.29. The first kappa shape index (κ1) is 16.2. The van der Waals surface area contributed by atoms with Crippen molar-refractivity contribution in [2.24, 2.45) is 0 Å². The van der Waals surface area contributed by atoms with Crippen molar-refractivity contribution < 1.29 is 14.0 Å². The Morgan fingerprint density at radius 3 is 2.56 bits per heavy atom. The van der Waals surface area contributed by atoms with Gasteiger partial charge in [0.1, 0.15) is 5.82 Å². The number of benzene rings is 2. The second-order valence-electron chi connectivity index (χ2n) is 7.26. The Morgan fingerprint density at radius 1 is 0.963 bits per heavy atom. The molecule has 0 atom stereocenters. The van der Waals surface area contributed by atoms with Crippen molar-refractivity contribution in [3.63, 3.8) is 0 Å². The molecular weight excluding hydrogens is 343 g/mol. The van der Waals surface area contributed by atoms with Crippen LogP contribution in [0.15, 0.2) is 42.5 Å². The number of nitrogens with zero attached hydrogens (tertiary/aromatic N) is 2. The van der Waals surface area contributed by atoms with E-state index in [0.717, 1.165) is 28.6 Å². The molecule has 27 heavy (non-hydrogen) atoms. The summed E-state index contributed by atoms with van der Waals surface area (Å²) >= 11 is 0. The molecule has 5 rings (SSSR count). The molecule has 0 saturated heterocycles. The van der Waals surface area contributed by atoms with Gasteiger partial charge in [-0.05, 0) is 36.2 Å². The summed E-state index contributed by atoms with van der Waals surface area (Å²) in [6.07, 6.45) is 1.80. The zero-order valence-electron chi connectivity index (χ0n) is 14.9. The van der Waals surface area contributed by atoms with E-state index in [1.54, 1.807) is 6.07 Å². The van der Waals surface area contributed by atoms with E-state index < -0.39 is 0 Å². The summed E-state index contributed by atoms with van der Waals surface area (Å²) in [5.41, 5.74) is 4.30. The largest absolute Gasteiger partial charge is 0.343 e. The van der Waals surface area contributed by atoms with Crippen LogP contribution in [0.1, 0.15) is 38.4 Å². The summed E-state index contributed by atoms with van der Waals surface area (Å²) in [6, 6.07) is 12.2. The van der Waals surface area contributed by atoms with Crippen molar-refractivity contribution in [3.05, 3.63) is 70.7 Å². The summed E-state index contributed by atoms with van der Waals surface area (Å²) in [5, 5.41) is 0.835. The summed E-state index contributed by atoms with van der Waals surface area (Å²) < 4.78 is 16.3. The Labute approximate surface area is 156 Å². The lowest BCUT2D eigenvalue weighted by molar-refractivity contribution is 0.0762. The molecular formula is C22H19FN2O2. The molecule has 0 spiro atoms. The van der Waals surface area contributed by atoms with E-state index in [4.69, 9.17) is 0 Å². The number of aromatic nitrogens is 1. The van der Waals surface area contributed by atoms with Gasteiger partial charge < -0.3 is 9.47 Å². The molecule has 3 aromatic rings. The van der Waals surface area contributed by atoms with Crippen molar-refractivity contribution in [3.8, 4) is 0 Å². The molecule has 0 saturated carbocycles. The van der Waals surface area contributed by atoms with Gasteiger partial charge >= 0.3 is 0 Å². The fourth-order valence-electron chi connectivity index (χ4n) is 4.51. The maximum absolute atomic E-state index is 14.2. The average Bonchev–Trinajstić information content (AvgIpc) is 2.84. The predicted molar refractivity (Wildman–Crippen MR) is 101 cm³/mol. The van der Waals surface area contributed by atoms with Gasteiger partial charge in [-0.25, -0.2) is 4.39 Å². The second kappa shape index (κ2) is 6.05. The summed E-state index contributed by atoms with van der Waals surface area (Å²) in [5.74, 6) is -0.319. The minimum Gasteiger partial charge on any atom is -0.343 e. The molecule has 136 valence electrons. The number of amides is 1. The van der Waals surface area contributed by atoms with Crippen LogP contribution in [0, 0.1) is 5.82 Å². The molecule has 0 unspecified atom stereocenters. The van der Waals surface area contributed by atoms with Gasteiger partial charge in [0.2, 0.25) is 0 Å². The minimum atomic E-state index is -0.367. The minimum absolute atomic E-state index is 0.0144. The van der Waals surface area contributed by atoms with Crippen molar-refractivity contribution in [2.45, 2.75) is 25.8 Å². The van der Waals surface area contributed by atoms with Crippen LogP contribution in [0.3, 0.4) is 0 Å². The topological polar surface area (TPSA) is 42.3 Å². The molecule has 0 radical (unpaired) electrons. The summed E-state index contributed by atoms with van der Waals surface area (Å²) in [7, 11) is 0. The van der Waals surface area contributed by atoms with E-state index in [2.05, 4.69) is 4.57 Å². The Bertz CT molecular complexity index is 1080. The number of carbonyl (C=O) groups excluding carboxylic acids is 2. The second-order valence-corrected chi connectivity index (χ2v) is 7.26. The number of Topliss-reactive ketones (excluding diaryl/α,β-unsaturated/α-hetero) is 1. The summed E-state index contributed by atoms with van der Waals surface area (Å²) in [4.78, 5) is 27.0. The molecule has 4 nitrogen and oxygen atoms in total. The number of hydrogen-bond donors (Lipinski definition) is 0. The van der Waals surface area contributed by atoms with Gasteiger partial charge in [0.25, 0.3) is 5.91 Å². The standard InChI is InChI=1S/C22H19FN2O2/c23-15-12-17-16-6-9-24(22(27)14-4-2-1-3-5-14)10-7-19(16)25-11-8-20(26)18(13-15)21(17)25/h1-5,12-13H,6-11H2. The van der Waals surface area contributed by atoms with Crippen LogP contribution in [0.25, 0.3) is 10.9 Å².